The number of thioether (sulfide) groups is 1. The first-order valence-corrected chi connectivity index (χ1v) is 21.3. The quantitative estimate of drug-likeness (QED) is 0.0439. The number of amides is 2. The second kappa shape index (κ2) is 19.4. The second-order valence-corrected chi connectivity index (χ2v) is 17.4. The van der Waals surface area contributed by atoms with Gasteiger partial charge in [-0.05, 0) is 12.5 Å². The predicted octanol–water partition coefficient (Wildman–Crippen LogP) is -0.369. The molecule has 24 nitrogen and oxygen atoms in total. The number of nitrogen functional groups attached to an aromatic ring is 1. The van der Waals surface area contributed by atoms with Crippen molar-refractivity contribution in [2.45, 2.75) is 64.3 Å². The third kappa shape index (κ3) is 13.8. The lowest BCUT2D eigenvalue weighted by atomic mass is 9.87. The fourth-order valence-electron chi connectivity index (χ4n) is 4.54. The second-order valence-electron chi connectivity index (χ2n) is 12.0. The van der Waals surface area contributed by atoms with Crippen LogP contribution in [0.15, 0.2) is 24.8 Å². The van der Waals surface area contributed by atoms with Crippen LogP contribution in [-0.4, -0.2) is 123 Å². The SMILES string of the molecule is CCC=CC(=O)SCCNC(=O)CCNC(=O)[C@H](O)C(C)(C)COP(=O)(O)OP(=O)(O)OC[C@H]1O[C@@H](n2cnc3c(N)ncnc32)[C@H](O)[C@@H]1OP(=O)(O)O. The lowest BCUT2D eigenvalue weighted by Crippen LogP contribution is -2.46. The lowest BCUT2D eigenvalue weighted by Gasteiger charge is -2.30. The maximum Gasteiger partial charge on any atom is 0.481 e. The van der Waals surface area contributed by atoms with Crippen molar-refractivity contribution in [1.82, 2.24) is 30.2 Å². The van der Waals surface area contributed by atoms with Gasteiger partial charge in [0, 0.05) is 30.7 Å². The molecule has 1 saturated heterocycles. The van der Waals surface area contributed by atoms with E-state index < -0.39 is 84.6 Å². The Kier molecular flexibility index (Phi) is 16.4. The van der Waals surface area contributed by atoms with E-state index in [1.54, 1.807) is 6.08 Å². The molecule has 3 rings (SSSR count). The number of aliphatic hydroxyl groups excluding tert-OH is 2. The number of nitrogens with two attached hydrogens (primary N) is 1. The van der Waals surface area contributed by atoms with Gasteiger partial charge in [0.1, 0.15) is 36.3 Å². The van der Waals surface area contributed by atoms with E-state index in [2.05, 4.69) is 34.4 Å². The van der Waals surface area contributed by atoms with Gasteiger partial charge in [-0.1, -0.05) is 38.6 Å². The zero-order chi connectivity index (χ0) is 40.5. The van der Waals surface area contributed by atoms with Crippen molar-refractivity contribution in [2.24, 2.45) is 5.41 Å². The summed E-state index contributed by atoms with van der Waals surface area (Å²) in [7, 11) is -16.4. The van der Waals surface area contributed by atoms with Crippen molar-refractivity contribution in [1.29, 1.82) is 0 Å². The topological polar surface area (TPSA) is 364 Å². The van der Waals surface area contributed by atoms with Crippen molar-refractivity contribution in [3.8, 4) is 0 Å². The molecule has 0 saturated carbocycles. The van der Waals surface area contributed by atoms with Crippen LogP contribution in [0, 0.1) is 5.41 Å². The van der Waals surface area contributed by atoms with Gasteiger partial charge < -0.3 is 50.9 Å². The minimum absolute atomic E-state index is 0.0303. The number of allylic oxidation sites excluding steroid dienone is 1. The number of rotatable bonds is 21. The summed E-state index contributed by atoms with van der Waals surface area (Å²) < 4.78 is 62.0. The molecule has 7 atom stereocenters. The van der Waals surface area contributed by atoms with Gasteiger partial charge in [0.05, 0.1) is 19.5 Å². The molecule has 2 amide bonds. The summed E-state index contributed by atoms with van der Waals surface area (Å²) in [6.07, 6.45) is -3.04. The van der Waals surface area contributed by atoms with Crippen LogP contribution in [0.5, 0.6) is 0 Å². The number of aliphatic hydroxyl groups is 2. The number of hydrogen-bond acceptors (Lipinski definition) is 18. The molecule has 28 heteroatoms. The molecule has 2 aromatic heterocycles. The first kappa shape index (κ1) is 45.7. The smallest absolute Gasteiger partial charge is 0.386 e. The van der Waals surface area contributed by atoms with Gasteiger partial charge in [0.25, 0.3) is 0 Å². The Bertz CT molecular complexity index is 1810. The van der Waals surface area contributed by atoms with E-state index in [1.807, 2.05) is 6.92 Å². The van der Waals surface area contributed by atoms with Gasteiger partial charge in [-0.2, -0.15) is 4.31 Å². The predicted molar refractivity (Wildman–Crippen MR) is 187 cm³/mol. The number of nitrogens with one attached hydrogen (secondary N) is 2. The molecule has 0 radical (unpaired) electrons. The van der Waals surface area contributed by atoms with E-state index in [1.165, 1.54) is 19.9 Å². The number of carbonyl (C=O) groups is 3. The average molecular weight is 850 g/mol. The average Bonchev–Trinajstić information content (AvgIpc) is 3.63. The highest BCUT2D eigenvalue weighted by atomic mass is 32.2. The molecular weight excluding hydrogens is 807 g/mol. The first-order valence-electron chi connectivity index (χ1n) is 15.8. The third-order valence-electron chi connectivity index (χ3n) is 7.24. The number of carbonyl (C=O) groups excluding carboxylic acids is 3. The van der Waals surface area contributed by atoms with E-state index in [4.69, 9.17) is 19.5 Å². The standard InChI is InChI=1S/C26H42N7O17P3S/c1-4-5-6-17(35)54-10-9-28-16(34)7-8-29-24(38)21(37)26(2,3)12-47-53(44,45)50-52(42,43)46-11-15-20(49-51(39,40)41)19(36)25(48-15)33-14-32-18-22(27)30-13-31-23(18)33/h5-6,13-15,19-21,25,36-37H,4,7-12H2,1-3H3,(H,28,34)(H,29,38)(H,42,43)(H,44,45)(H2,27,30,31)(H2,39,40,41)/t15-,19-,20-,21+,25-/m1/s1. The highest BCUT2D eigenvalue weighted by Crippen LogP contribution is 2.61. The minimum atomic E-state index is -5.57. The molecule has 2 unspecified atom stereocenters. The van der Waals surface area contributed by atoms with Crippen molar-refractivity contribution in [3.05, 3.63) is 24.8 Å². The number of phosphoric ester groups is 3. The Morgan fingerprint density at radius 1 is 1.09 bits per heavy atom. The molecule has 1 aliphatic heterocycles. The molecule has 54 heavy (non-hydrogen) atoms. The first-order chi connectivity index (χ1) is 25.1. The van der Waals surface area contributed by atoms with E-state index in [0.717, 1.165) is 29.0 Å². The maximum atomic E-state index is 12.6. The molecule has 0 bridgehead atoms. The van der Waals surface area contributed by atoms with E-state index in [9.17, 15) is 57.9 Å². The van der Waals surface area contributed by atoms with Crippen molar-refractivity contribution in [2.75, 3.05) is 37.8 Å². The number of anilines is 1. The lowest BCUT2D eigenvalue weighted by molar-refractivity contribution is -0.137. The summed E-state index contributed by atoms with van der Waals surface area (Å²) in [5.41, 5.74) is 4.26. The van der Waals surface area contributed by atoms with Gasteiger partial charge in [-0.3, -0.25) is 32.5 Å². The van der Waals surface area contributed by atoms with Crippen molar-refractivity contribution in [3.63, 3.8) is 0 Å². The van der Waals surface area contributed by atoms with Crippen LogP contribution in [0.2, 0.25) is 0 Å². The maximum absolute atomic E-state index is 12.6. The minimum Gasteiger partial charge on any atom is -0.386 e. The fraction of sp³-hybridized carbons (Fsp3) is 0.615. The number of phosphoric acid groups is 3. The molecule has 1 fully saturated rings. The van der Waals surface area contributed by atoms with Gasteiger partial charge in [0.2, 0.25) is 16.9 Å². The van der Waals surface area contributed by atoms with Crippen molar-refractivity contribution >= 4 is 69.1 Å². The number of ether oxygens (including phenoxy) is 1. The Morgan fingerprint density at radius 2 is 1.78 bits per heavy atom. The van der Waals surface area contributed by atoms with Gasteiger partial charge >= 0.3 is 23.5 Å². The molecule has 1 aliphatic rings. The van der Waals surface area contributed by atoms with Crippen LogP contribution in [0.25, 0.3) is 11.2 Å². The van der Waals surface area contributed by atoms with Crippen LogP contribution in [0.4, 0.5) is 5.82 Å². The summed E-state index contributed by atoms with van der Waals surface area (Å²) >= 11 is 1.02. The molecule has 0 aromatic carbocycles. The summed E-state index contributed by atoms with van der Waals surface area (Å²) in [6.45, 7) is 2.37. The van der Waals surface area contributed by atoms with Crippen LogP contribution >= 0.6 is 35.2 Å². The number of hydrogen-bond donors (Lipinski definition) is 9. The number of nitrogens with zero attached hydrogens (tertiary/aromatic N) is 4. The van der Waals surface area contributed by atoms with Crippen LogP contribution in [0.1, 0.15) is 39.8 Å². The zero-order valence-corrected chi connectivity index (χ0v) is 32.4. The number of aromatic nitrogens is 4. The number of fused-ring (bicyclic) bond motifs is 1. The Hall–Kier alpha value is -2.70. The third-order valence-corrected chi connectivity index (χ3v) is 11.2. The summed E-state index contributed by atoms with van der Waals surface area (Å²) in [5, 5.41) is 26.1. The molecule has 0 spiro atoms. The molecule has 304 valence electrons. The van der Waals surface area contributed by atoms with Gasteiger partial charge in [-0.15, -0.1) is 0 Å². The van der Waals surface area contributed by atoms with E-state index >= 15 is 0 Å². The fourth-order valence-corrected chi connectivity index (χ4v) is 7.97. The molecule has 2 aromatic rings. The highest BCUT2D eigenvalue weighted by molar-refractivity contribution is 8.14. The van der Waals surface area contributed by atoms with Gasteiger partial charge in [0.15, 0.2) is 17.7 Å². The molecule has 3 heterocycles. The molecule has 0 aliphatic carbocycles. The molecule has 10 N–H and O–H groups in total. The van der Waals surface area contributed by atoms with Gasteiger partial charge in [-0.25, -0.2) is 28.6 Å². The zero-order valence-electron chi connectivity index (χ0n) is 28.9. The largest absolute Gasteiger partial charge is 0.481 e. The molecular formula is C26H42N7O17P3S. The van der Waals surface area contributed by atoms with Crippen molar-refractivity contribution < 1.29 is 80.5 Å². The van der Waals surface area contributed by atoms with Crippen LogP contribution < -0.4 is 16.4 Å². The van der Waals surface area contributed by atoms with Crippen LogP contribution in [0.3, 0.4) is 0 Å². The van der Waals surface area contributed by atoms with E-state index in [0.29, 0.717) is 12.2 Å². The summed E-state index contributed by atoms with van der Waals surface area (Å²) in [4.78, 5) is 86.9. The summed E-state index contributed by atoms with van der Waals surface area (Å²) in [6, 6.07) is 0. The monoisotopic (exact) mass is 849 g/mol. The summed E-state index contributed by atoms with van der Waals surface area (Å²) in [5.74, 6) is -1.13. The Morgan fingerprint density at radius 3 is 2.44 bits per heavy atom. The van der Waals surface area contributed by atoms with E-state index in [-0.39, 0.29) is 41.6 Å². The number of imidazole rings is 1. The normalized spacial score (nSPS) is 22.2. The van der Waals surface area contributed by atoms with Crippen LogP contribution in [-0.2, 0) is 50.7 Å². The Labute approximate surface area is 311 Å². The Balaban J connectivity index is 1.51. The highest BCUT2D eigenvalue weighted by Gasteiger charge is 2.50.